The SMILES string of the molecule is CNC(=O)c1cncc2cc(/C=C3\SC(=S)NC3=O)oc12. The molecule has 0 bridgehead atoms. The molecule has 0 aromatic carbocycles. The van der Waals surface area contributed by atoms with E-state index < -0.39 is 0 Å². The van der Waals surface area contributed by atoms with Crippen LogP contribution in [0.15, 0.2) is 27.8 Å². The molecule has 21 heavy (non-hydrogen) atoms. The number of nitrogens with one attached hydrogen (secondary N) is 2. The molecule has 1 aliphatic heterocycles. The normalized spacial score (nSPS) is 16.5. The summed E-state index contributed by atoms with van der Waals surface area (Å²) < 4.78 is 6.07. The number of carbonyl (C=O) groups excluding carboxylic acids is 2. The van der Waals surface area contributed by atoms with E-state index in [-0.39, 0.29) is 11.8 Å². The molecule has 106 valence electrons. The maximum absolute atomic E-state index is 11.8. The second kappa shape index (κ2) is 5.30. The summed E-state index contributed by atoms with van der Waals surface area (Å²) in [5, 5.41) is 5.75. The molecule has 3 heterocycles. The van der Waals surface area contributed by atoms with Crippen LogP contribution in [0.1, 0.15) is 16.1 Å². The Morgan fingerprint density at radius 1 is 1.52 bits per heavy atom. The zero-order chi connectivity index (χ0) is 15.0. The molecule has 2 aromatic heterocycles. The summed E-state index contributed by atoms with van der Waals surface area (Å²) >= 11 is 6.09. The third-order valence-electron chi connectivity index (χ3n) is 2.83. The molecule has 1 fully saturated rings. The van der Waals surface area contributed by atoms with Crippen LogP contribution in [0.2, 0.25) is 0 Å². The van der Waals surface area contributed by atoms with Crippen LogP contribution < -0.4 is 10.6 Å². The van der Waals surface area contributed by atoms with E-state index in [2.05, 4.69) is 15.6 Å². The highest BCUT2D eigenvalue weighted by molar-refractivity contribution is 8.26. The van der Waals surface area contributed by atoms with Crippen molar-refractivity contribution in [2.24, 2.45) is 0 Å². The Morgan fingerprint density at radius 3 is 3.00 bits per heavy atom. The largest absolute Gasteiger partial charge is 0.456 e. The Balaban J connectivity index is 2.06. The van der Waals surface area contributed by atoms with E-state index in [0.29, 0.717) is 31.5 Å². The lowest BCUT2D eigenvalue weighted by atomic mass is 10.2. The van der Waals surface area contributed by atoms with Gasteiger partial charge in [0.15, 0.2) is 5.58 Å². The first-order valence-electron chi connectivity index (χ1n) is 5.93. The van der Waals surface area contributed by atoms with Gasteiger partial charge in [-0.1, -0.05) is 24.0 Å². The monoisotopic (exact) mass is 319 g/mol. The summed E-state index contributed by atoms with van der Waals surface area (Å²) in [4.78, 5) is 27.8. The molecule has 0 unspecified atom stereocenters. The van der Waals surface area contributed by atoms with Gasteiger partial charge in [-0.3, -0.25) is 14.6 Å². The Labute approximate surface area is 129 Å². The van der Waals surface area contributed by atoms with E-state index in [1.165, 1.54) is 25.0 Å². The average molecular weight is 319 g/mol. The van der Waals surface area contributed by atoms with Crippen molar-refractivity contribution in [2.75, 3.05) is 7.05 Å². The number of nitrogens with zero attached hydrogens (tertiary/aromatic N) is 1. The maximum atomic E-state index is 11.8. The van der Waals surface area contributed by atoms with Crippen molar-refractivity contribution in [2.45, 2.75) is 0 Å². The summed E-state index contributed by atoms with van der Waals surface area (Å²) in [5.41, 5.74) is 0.779. The van der Waals surface area contributed by atoms with Crippen molar-refractivity contribution in [1.82, 2.24) is 15.6 Å². The summed E-state index contributed by atoms with van der Waals surface area (Å²) in [5.74, 6) is -0.0728. The zero-order valence-electron chi connectivity index (χ0n) is 10.8. The van der Waals surface area contributed by atoms with Gasteiger partial charge in [0.05, 0.1) is 4.91 Å². The number of fused-ring (bicyclic) bond motifs is 1. The molecule has 8 heteroatoms. The molecular formula is C13H9N3O3S2. The lowest BCUT2D eigenvalue weighted by molar-refractivity contribution is -0.115. The second-order valence-corrected chi connectivity index (χ2v) is 5.90. The van der Waals surface area contributed by atoms with E-state index in [4.69, 9.17) is 16.6 Å². The van der Waals surface area contributed by atoms with Gasteiger partial charge in [0, 0.05) is 30.9 Å². The van der Waals surface area contributed by atoms with Gasteiger partial charge in [-0.25, -0.2) is 0 Å². The minimum Gasteiger partial charge on any atom is -0.456 e. The van der Waals surface area contributed by atoms with Crippen molar-refractivity contribution in [3.05, 3.63) is 34.7 Å². The molecule has 2 aromatic rings. The fourth-order valence-electron chi connectivity index (χ4n) is 1.90. The maximum Gasteiger partial charge on any atom is 0.263 e. The number of thiocarbonyl (C=S) groups is 1. The predicted molar refractivity (Wildman–Crippen MR) is 83.7 cm³/mol. The number of pyridine rings is 1. The predicted octanol–water partition coefficient (Wildman–Crippen LogP) is 1.68. The topological polar surface area (TPSA) is 84.2 Å². The Kier molecular flexibility index (Phi) is 3.48. The molecule has 2 N–H and O–H groups in total. The van der Waals surface area contributed by atoms with Crippen molar-refractivity contribution in [3.8, 4) is 0 Å². The summed E-state index contributed by atoms with van der Waals surface area (Å²) in [6, 6.07) is 1.72. The van der Waals surface area contributed by atoms with Gasteiger partial charge >= 0.3 is 0 Å². The molecule has 1 saturated heterocycles. The lowest BCUT2D eigenvalue weighted by Gasteiger charge is -1.98. The van der Waals surface area contributed by atoms with Crippen molar-refractivity contribution in [3.63, 3.8) is 0 Å². The van der Waals surface area contributed by atoms with E-state index >= 15 is 0 Å². The highest BCUT2D eigenvalue weighted by Crippen LogP contribution is 2.29. The van der Waals surface area contributed by atoms with E-state index in [1.54, 1.807) is 18.3 Å². The third kappa shape index (κ3) is 2.55. The van der Waals surface area contributed by atoms with Crippen molar-refractivity contribution in [1.29, 1.82) is 0 Å². The van der Waals surface area contributed by atoms with Crippen LogP contribution >= 0.6 is 24.0 Å². The molecular weight excluding hydrogens is 310 g/mol. The molecule has 2 amide bonds. The molecule has 0 spiro atoms. The summed E-state index contributed by atoms with van der Waals surface area (Å²) in [7, 11) is 1.54. The van der Waals surface area contributed by atoms with E-state index in [9.17, 15) is 9.59 Å². The summed E-state index contributed by atoms with van der Waals surface area (Å²) in [6.45, 7) is 0. The number of hydrogen-bond acceptors (Lipinski definition) is 6. The number of aromatic nitrogens is 1. The first-order valence-corrected chi connectivity index (χ1v) is 7.15. The Hall–Kier alpha value is -2.19. The van der Waals surface area contributed by atoms with Gasteiger partial charge in [0.1, 0.15) is 15.6 Å². The van der Waals surface area contributed by atoms with E-state index in [1.807, 2.05) is 0 Å². The minimum absolute atomic E-state index is 0.255. The molecule has 6 nitrogen and oxygen atoms in total. The Bertz CT molecular complexity index is 810. The fourth-order valence-corrected chi connectivity index (χ4v) is 2.92. The number of rotatable bonds is 2. The summed E-state index contributed by atoms with van der Waals surface area (Å²) in [6.07, 6.45) is 4.63. The fraction of sp³-hybridized carbons (Fsp3) is 0.0769. The van der Waals surface area contributed by atoms with Crippen LogP contribution in [0.3, 0.4) is 0 Å². The lowest BCUT2D eigenvalue weighted by Crippen LogP contribution is -2.18. The molecule has 3 rings (SSSR count). The standard InChI is InChI=1S/C13H9N3O3S2/c1-14-11(17)8-5-15-4-6-2-7(19-10(6)8)3-9-12(18)16-13(20)21-9/h2-5H,1H3,(H,14,17)(H,16,18,20)/b9-3-. The number of amides is 2. The van der Waals surface area contributed by atoms with Gasteiger partial charge in [-0.15, -0.1) is 0 Å². The van der Waals surface area contributed by atoms with E-state index in [0.717, 1.165) is 0 Å². The van der Waals surface area contributed by atoms with Crippen LogP contribution in [0, 0.1) is 0 Å². The highest BCUT2D eigenvalue weighted by Gasteiger charge is 2.23. The van der Waals surface area contributed by atoms with Crippen LogP contribution in [-0.2, 0) is 4.79 Å². The number of furan rings is 1. The van der Waals surface area contributed by atoms with Gasteiger partial charge in [-0.2, -0.15) is 0 Å². The van der Waals surface area contributed by atoms with Crippen LogP contribution in [0.25, 0.3) is 17.0 Å². The minimum atomic E-state index is -0.282. The first-order chi connectivity index (χ1) is 10.1. The molecule has 0 aliphatic carbocycles. The van der Waals surface area contributed by atoms with Gasteiger partial charge < -0.3 is 15.1 Å². The van der Waals surface area contributed by atoms with Gasteiger partial charge in [0.2, 0.25) is 0 Å². The van der Waals surface area contributed by atoms with Crippen LogP contribution in [0.4, 0.5) is 0 Å². The highest BCUT2D eigenvalue weighted by atomic mass is 32.2. The zero-order valence-corrected chi connectivity index (χ0v) is 12.4. The molecule has 0 radical (unpaired) electrons. The first kappa shape index (κ1) is 13.8. The molecule has 0 atom stereocenters. The quantitative estimate of drug-likeness (QED) is 0.647. The second-order valence-electron chi connectivity index (χ2n) is 4.19. The smallest absolute Gasteiger partial charge is 0.263 e. The number of carbonyl (C=O) groups is 2. The molecule has 1 aliphatic rings. The van der Waals surface area contributed by atoms with Crippen LogP contribution in [-0.4, -0.2) is 28.2 Å². The third-order valence-corrected chi connectivity index (χ3v) is 3.99. The molecule has 0 saturated carbocycles. The van der Waals surface area contributed by atoms with Crippen molar-refractivity contribution >= 4 is 57.2 Å². The number of hydrogen-bond donors (Lipinski definition) is 2. The number of thioether (sulfide) groups is 1. The van der Waals surface area contributed by atoms with Crippen LogP contribution in [0.5, 0.6) is 0 Å². The van der Waals surface area contributed by atoms with Gasteiger partial charge in [0.25, 0.3) is 11.8 Å². The van der Waals surface area contributed by atoms with Crippen molar-refractivity contribution < 1.29 is 14.0 Å². The van der Waals surface area contributed by atoms with Gasteiger partial charge in [-0.05, 0) is 6.07 Å². The Morgan fingerprint density at radius 2 is 2.33 bits per heavy atom. The average Bonchev–Trinajstić information content (AvgIpc) is 3.00.